The van der Waals surface area contributed by atoms with Crippen LogP contribution in [0.5, 0.6) is 0 Å². The Morgan fingerprint density at radius 1 is 1.48 bits per heavy atom. The molecular formula is C15H18N4O2. The molecule has 0 saturated carbocycles. The van der Waals surface area contributed by atoms with Gasteiger partial charge in [0.1, 0.15) is 5.69 Å². The molecule has 1 heterocycles. The van der Waals surface area contributed by atoms with Crippen LogP contribution in [0.25, 0.3) is 5.69 Å². The molecule has 0 aliphatic heterocycles. The third kappa shape index (κ3) is 2.42. The molecule has 0 amide bonds. The number of nitro groups is 1. The molecule has 2 aromatic rings. The van der Waals surface area contributed by atoms with E-state index in [1.807, 2.05) is 6.20 Å². The molecule has 0 radical (unpaired) electrons. The van der Waals surface area contributed by atoms with Crippen molar-refractivity contribution < 1.29 is 4.92 Å². The van der Waals surface area contributed by atoms with Crippen LogP contribution in [-0.2, 0) is 6.42 Å². The van der Waals surface area contributed by atoms with Crippen LogP contribution >= 0.6 is 0 Å². The summed E-state index contributed by atoms with van der Waals surface area (Å²) in [6.45, 7) is 2.99. The second-order valence-electron chi connectivity index (χ2n) is 5.21. The number of para-hydroxylation sites is 2. The standard InChI is InChI=1S/C15H18N4O2/c1-2-16-12-6-5-9-13-11(12)10-17-18(13)14-7-3-4-8-15(14)19(20)21/h3-4,7-8,10,12,16H,2,5-6,9H2,1H3. The van der Waals surface area contributed by atoms with Crippen LogP contribution in [-0.4, -0.2) is 21.2 Å². The minimum Gasteiger partial charge on any atom is -0.310 e. The third-order valence-electron chi connectivity index (χ3n) is 3.94. The molecule has 1 aromatic carbocycles. The Bertz CT molecular complexity index is 665. The number of aromatic nitrogens is 2. The van der Waals surface area contributed by atoms with Gasteiger partial charge in [0, 0.05) is 23.4 Å². The van der Waals surface area contributed by atoms with Crippen LogP contribution in [0.3, 0.4) is 0 Å². The molecule has 1 N–H and O–H groups in total. The van der Waals surface area contributed by atoms with Crippen LogP contribution in [0, 0.1) is 10.1 Å². The Morgan fingerprint density at radius 2 is 2.29 bits per heavy atom. The van der Waals surface area contributed by atoms with Gasteiger partial charge in [-0.3, -0.25) is 10.1 Å². The van der Waals surface area contributed by atoms with Gasteiger partial charge in [-0.2, -0.15) is 5.10 Å². The topological polar surface area (TPSA) is 73.0 Å². The van der Waals surface area contributed by atoms with E-state index in [0.29, 0.717) is 11.7 Å². The molecule has 0 saturated heterocycles. The lowest BCUT2D eigenvalue weighted by molar-refractivity contribution is -0.384. The van der Waals surface area contributed by atoms with Crippen molar-refractivity contribution in [3.8, 4) is 5.69 Å². The average molecular weight is 286 g/mol. The van der Waals surface area contributed by atoms with Crippen molar-refractivity contribution >= 4 is 5.69 Å². The van der Waals surface area contributed by atoms with Gasteiger partial charge in [0.05, 0.1) is 11.1 Å². The molecule has 110 valence electrons. The maximum atomic E-state index is 11.2. The summed E-state index contributed by atoms with van der Waals surface area (Å²) < 4.78 is 1.73. The highest BCUT2D eigenvalue weighted by Gasteiger charge is 2.26. The van der Waals surface area contributed by atoms with Gasteiger partial charge in [0.15, 0.2) is 0 Å². The highest BCUT2D eigenvalue weighted by atomic mass is 16.6. The monoisotopic (exact) mass is 286 g/mol. The number of hydrogen-bond acceptors (Lipinski definition) is 4. The minimum atomic E-state index is -0.353. The quantitative estimate of drug-likeness (QED) is 0.693. The van der Waals surface area contributed by atoms with Crippen LogP contribution in [0.2, 0.25) is 0 Å². The van der Waals surface area contributed by atoms with E-state index in [2.05, 4.69) is 17.3 Å². The van der Waals surface area contributed by atoms with Crippen LogP contribution < -0.4 is 5.32 Å². The van der Waals surface area contributed by atoms with Crippen LogP contribution in [0.4, 0.5) is 5.69 Å². The minimum absolute atomic E-state index is 0.0916. The van der Waals surface area contributed by atoms with Gasteiger partial charge in [-0.05, 0) is 31.9 Å². The lowest BCUT2D eigenvalue weighted by Gasteiger charge is -2.23. The predicted octanol–water partition coefficient (Wildman–Crippen LogP) is 2.77. The van der Waals surface area contributed by atoms with E-state index in [-0.39, 0.29) is 10.6 Å². The Labute approximate surface area is 122 Å². The Kier molecular flexibility index (Phi) is 3.70. The van der Waals surface area contributed by atoms with Crippen molar-refractivity contribution in [2.24, 2.45) is 0 Å². The highest BCUT2D eigenvalue weighted by Crippen LogP contribution is 2.32. The van der Waals surface area contributed by atoms with Crippen LogP contribution in [0.15, 0.2) is 30.5 Å². The SMILES string of the molecule is CCNC1CCCc2c1cnn2-c1ccccc1[N+](=O)[O-]. The van der Waals surface area contributed by atoms with Crippen LogP contribution in [0.1, 0.15) is 37.1 Å². The van der Waals surface area contributed by atoms with E-state index >= 15 is 0 Å². The van der Waals surface area contributed by atoms with E-state index in [9.17, 15) is 10.1 Å². The zero-order valence-corrected chi connectivity index (χ0v) is 12.0. The molecule has 0 fully saturated rings. The van der Waals surface area contributed by atoms with Crippen molar-refractivity contribution in [3.05, 3.63) is 51.8 Å². The van der Waals surface area contributed by atoms with Gasteiger partial charge in [-0.25, -0.2) is 4.68 Å². The zero-order valence-electron chi connectivity index (χ0n) is 12.0. The van der Waals surface area contributed by atoms with Crippen molar-refractivity contribution in [3.63, 3.8) is 0 Å². The molecular weight excluding hydrogens is 268 g/mol. The summed E-state index contributed by atoms with van der Waals surface area (Å²) in [6.07, 6.45) is 4.90. The van der Waals surface area contributed by atoms with Crippen molar-refractivity contribution in [2.45, 2.75) is 32.2 Å². The second kappa shape index (κ2) is 5.65. The fourth-order valence-electron chi connectivity index (χ4n) is 3.02. The number of nitrogens with one attached hydrogen (secondary N) is 1. The first-order chi connectivity index (χ1) is 10.2. The third-order valence-corrected chi connectivity index (χ3v) is 3.94. The fourth-order valence-corrected chi connectivity index (χ4v) is 3.02. The van der Waals surface area contributed by atoms with Gasteiger partial charge in [0.2, 0.25) is 0 Å². The molecule has 6 nitrogen and oxygen atoms in total. The Morgan fingerprint density at radius 3 is 3.05 bits per heavy atom. The number of hydrogen-bond donors (Lipinski definition) is 1. The van der Waals surface area contributed by atoms with Crippen molar-refractivity contribution in [1.29, 1.82) is 0 Å². The van der Waals surface area contributed by atoms with Gasteiger partial charge in [-0.15, -0.1) is 0 Å². The summed E-state index contributed by atoms with van der Waals surface area (Å²) in [5, 5.41) is 19.1. The normalized spacial score (nSPS) is 17.5. The average Bonchev–Trinajstić information content (AvgIpc) is 2.92. The van der Waals surface area contributed by atoms with Gasteiger partial charge >= 0.3 is 0 Å². The van der Waals surface area contributed by atoms with Gasteiger partial charge < -0.3 is 5.32 Å². The summed E-state index contributed by atoms with van der Waals surface area (Å²) in [5.41, 5.74) is 2.89. The summed E-state index contributed by atoms with van der Waals surface area (Å²) in [6, 6.07) is 7.06. The summed E-state index contributed by atoms with van der Waals surface area (Å²) in [7, 11) is 0. The van der Waals surface area contributed by atoms with E-state index < -0.39 is 0 Å². The number of nitrogens with zero attached hydrogens (tertiary/aromatic N) is 3. The van der Waals surface area contributed by atoms with Gasteiger partial charge in [0.25, 0.3) is 5.69 Å². The first-order valence-electron chi connectivity index (χ1n) is 7.26. The second-order valence-corrected chi connectivity index (χ2v) is 5.21. The van der Waals surface area contributed by atoms with Gasteiger partial charge in [-0.1, -0.05) is 19.1 Å². The highest BCUT2D eigenvalue weighted by molar-refractivity contribution is 5.53. The largest absolute Gasteiger partial charge is 0.310 e. The first-order valence-corrected chi connectivity index (χ1v) is 7.26. The Balaban J connectivity index is 2.08. The van der Waals surface area contributed by atoms with E-state index in [1.165, 1.54) is 11.6 Å². The number of nitro benzene ring substituents is 1. The molecule has 0 bridgehead atoms. The lowest BCUT2D eigenvalue weighted by atomic mass is 9.93. The molecule has 1 aliphatic carbocycles. The van der Waals surface area contributed by atoms with E-state index in [0.717, 1.165) is 31.5 Å². The van der Waals surface area contributed by atoms with Crippen molar-refractivity contribution in [2.75, 3.05) is 6.54 Å². The number of rotatable bonds is 4. The summed E-state index contributed by atoms with van der Waals surface area (Å²) in [5.74, 6) is 0. The molecule has 1 aliphatic rings. The number of benzene rings is 1. The summed E-state index contributed by atoms with van der Waals surface area (Å²) >= 11 is 0. The maximum absolute atomic E-state index is 11.2. The molecule has 21 heavy (non-hydrogen) atoms. The first kappa shape index (κ1) is 13.8. The van der Waals surface area contributed by atoms with E-state index in [1.54, 1.807) is 22.9 Å². The lowest BCUT2D eigenvalue weighted by Crippen LogP contribution is -2.25. The summed E-state index contributed by atoms with van der Waals surface area (Å²) in [4.78, 5) is 10.9. The molecule has 1 unspecified atom stereocenters. The predicted molar refractivity (Wildman–Crippen MR) is 79.6 cm³/mol. The maximum Gasteiger partial charge on any atom is 0.294 e. The molecule has 3 rings (SSSR count). The van der Waals surface area contributed by atoms with E-state index in [4.69, 9.17) is 0 Å². The molecule has 1 atom stereocenters. The van der Waals surface area contributed by atoms with Crippen molar-refractivity contribution in [1.82, 2.24) is 15.1 Å². The molecule has 0 spiro atoms. The smallest absolute Gasteiger partial charge is 0.294 e. The molecule has 1 aromatic heterocycles. The number of fused-ring (bicyclic) bond motifs is 1. The Hall–Kier alpha value is -2.21. The fraction of sp³-hybridized carbons (Fsp3) is 0.400. The zero-order chi connectivity index (χ0) is 14.8. The molecule has 6 heteroatoms.